The zero-order valence-electron chi connectivity index (χ0n) is 10.2. The minimum Gasteiger partial charge on any atom is -0.497 e. The van der Waals surface area contributed by atoms with E-state index in [9.17, 15) is 0 Å². The van der Waals surface area contributed by atoms with Gasteiger partial charge in [0.1, 0.15) is 18.1 Å². The lowest BCUT2D eigenvalue weighted by Gasteiger charge is -2.15. The maximum Gasteiger partial charge on any atom is 0.127 e. The summed E-state index contributed by atoms with van der Waals surface area (Å²) in [5.41, 5.74) is 3.45. The van der Waals surface area contributed by atoms with Gasteiger partial charge in [0.15, 0.2) is 0 Å². The summed E-state index contributed by atoms with van der Waals surface area (Å²) < 4.78 is 11.1. The molecule has 90 valence electrons. The van der Waals surface area contributed by atoms with Crippen LogP contribution in [0.2, 0.25) is 0 Å². The Morgan fingerprint density at radius 1 is 1.00 bits per heavy atom. The lowest BCUT2D eigenvalue weighted by molar-refractivity contribution is 0.304. The molecule has 1 heterocycles. The number of hydrogen-bond acceptors (Lipinski definition) is 2. The molecule has 1 aliphatic heterocycles. The smallest absolute Gasteiger partial charge is 0.127 e. The van der Waals surface area contributed by atoms with Crippen LogP contribution in [0.15, 0.2) is 42.5 Å². The summed E-state index contributed by atoms with van der Waals surface area (Å²) in [7, 11) is 1.67. The van der Waals surface area contributed by atoms with Crippen LogP contribution in [0.5, 0.6) is 11.5 Å². The van der Waals surface area contributed by atoms with Crippen LogP contribution in [-0.2, 0) is 6.61 Å². The van der Waals surface area contributed by atoms with E-state index >= 15 is 0 Å². The van der Waals surface area contributed by atoms with E-state index in [0.29, 0.717) is 6.61 Å². The van der Waals surface area contributed by atoms with Gasteiger partial charge in [-0.15, -0.1) is 0 Å². The van der Waals surface area contributed by atoms with Crippen molar-refractivity contribution in [3.8, 4) is 11.5 Å². The molecule has 0 amide bonds. The molecule has 0 fully saturated rings. The molecular formula is C16H14O2. The molecule has 0 saturated heterocycles. The zero-order valence-corrected chi connectivity index (χ0v) is 10.2. The fourth-order valence-electron chi connectivity index (χ4n) is 2.08. The van der Waals surface area contributed by atoms with Crippen LogP contribution < -0.4 is 9.47 Å². The van der Waals surface area contributed by atoms with Crippen molar-refractivity contribution in [2.75, 3.05) is 7.11 Å². The summed E-state index contributed by atoms with van der Waals surface area (Å²) >= 11 is 0. The van der Waals surface area contributed by atoms with Crippen LogP contribution in [-0.4, -0.2) is 7.11 Å². The highest BCUT2D eigenvalue weighted by atomic mass is 16.5. The first-order chi connectivity index (χ1) is 8.86. The molecule has 0 unspecified atom stereocenters. The Balaban J connectivity index is 2.06. The second kappa shape index (κ2) is 4.57. The Labute approximate surface area is 106 Å². The molecule has 3 rings (SSSR count). The molecule has 0 saturated carbocycles. The first kappa shape index (κ1) is 10.9. The third-order valence-electron chi connectivity index (χ3n) is 3.10. The molecule has 0 bridgehead atoms. The Hall–Kier alpha value is -2.22. The predicted molar refractivity (Wildman–Crippen MR) is 72.7 cm³/mol. The van der Waals surface area contributed by atoms with Crippen molar-refractivity contribution >= 4 is 12.2 Å². The molecule has 0 aromatic heterocycles. The average Bonchev–Trinajstić information content (AvgIpc) is 2.41. The fraction of sp³-hybridized carbons (Fsp3) is 0.125. The lowest BCUT2D eigenvalue weighted by Crippen LogP contribution is -2.01. The van der Waals surface area contributed by atoms with Gasteiger partial charge in [-0.2, -0.15) is 0 Å². The summed E-state index contributed by atoms with van der Waals surface area (Å²) in [5.74, 6) is 1.73. The summed E-state index contributed by atoms with van der Waals surface area (Å²) in [6.07, 6.45) is 4.19. The van der Waals surface area contributed by atoms with Crippen molar-refractivity contribution in [2.45, 2.75) is 6.61 Å². The summed E-state index contributed by atoms with van der Waals surface area (Å²) in [5, 5.41) is 0. The van der Waals surface area contributed by atoms with Gasteiger partial charge < -0.3 is 9.47 Å². The number of fused-ring (bicyclic) bond motifs is 2. The van der Waals surface area contributed by atoms with Gasteiger partial charge in [0, 0.05) is 5.56 Å². The molecule has 0 aliphatic carbocycles. The summed E-state index contributed by atoms with van der Waals surface area (Å²) in [4.78, 5) is 0. The molecule has 2 aromatic carbocycles. The quantitative estimate of drug-likeness (QED) is 0.753. The molecule has 2 nitrogen and oxygen atoms in total. The SMILES string of the molecule is COc1ccc2c(c1)/C=C\c1ccccc1CO2. The van der Waals surface area contributed by atoms with Crippen LogP contribution >= 0.6 is 0 Å². The van der Waals surface area contributed by atoms with Crippen molar-refractivity contribution in [3.05, 3.63) is 59.2 Å². The van der Waals surface area contributed by atoms with E-state index in [2.05, 4.69) is 24.3 Å². The van der Waals surface area contributed by atoms with E-state index in [4.69, 9.17) is 9.47 Å². The summed E-state index contributed by atoms with van der Waals surface area (Å²) in [6, 6.07) is 14.1. The number of methoxy groups -OCH3 is 1. The van der Waals surface area contributed by atoms with Gasteiger partial charge in [0.25, 0.3) is 0 Å². The second-order valence-corrected chi connectivity index (χ2v) is 4.22. The molecule has 0 radical (unpaired) electrons. The minimum atomic E-state index is 0.597. The highest BCUT2D eigenvalue weighted by Crippen LogP contribution is 2.29. The maximum absolute atomic E-state index is 5.85. The topological polar surface area (TPSA) is 18.5 Å². The lowest BCUT2D eigenvalue weighted by atomic mass is 10.0. The third-order valence-corrected chi connectivity index (χ3v) is 3.10. The monoisotopic (exact) mass is 238 g/mol. The predicted octanol–water partition coefficient (Wildman–Crippen LogP) is 3.76. The highest BCUT2D eigenvalue weighted by molar-refractivity contribution is 5.75. The van der Waals surface area contributed by atoms with E-state index in [1.54, 1.807) is 7.11 Å². The molecule has 18 heavy (non-hydrogen) atoms. The highest BCUT2D eigenvalue weighted by Gasteiger charge is 2.08. The van der Waals surface area contributed by atoms with Gasteiger partial charge >= 0.3 is 0 Å². The van der Waals surface area contributed by atoms with Crippen LogP contribution in [0.4, 0.5) is 0 Å². The van der Waals surface area contributed by atoms with Crippen LogP contribution in [0.3, 0.4) is 0 Å². The third kappa shape index (κ3) is 1.97. The molecule has 1 aliphatic rings. The Morgan fingerprint density at radius 2 is 1.83 bits per heavy atom. The van der Waals surface area contributed by atoms with Crippen molar-refractivity contribution in [1.82, 2.24) is 0 Å². The molecule has 0 atom stereocenters. The first-order valence-corrected chi connectivity index (χ1v) is 5.93. The van der Waals surface area contributed by atoms with Gasteiger partial charge in [-0.1, -0.05) is 36.4 Å². The van der Waals surface area contributed by atoms with Gasteiger partial charge in [-0.3, -0.25) is 0 Å². The van der Waals surface area contributed by atoms with Crippen LogP contribution in [0, 0.1) is 0 Å². The van der Waals surface area contributed by atoms with E-state index in [1.165, 1.54) is 11.1 Å². The van der Waals surface area contributed by atoms with E-state index < -0.39 is 0 Å². The standard InChI is InChI=1S/C16H14O2/c1-17-15-8-9-16-13(10-15)7-6-12-4-2-3-5-14(12)11-18-16/h2-10H,11H2,1H3/b7-6-. The molecule has 2 heteroatoms. The number of rotatable bonds is 1. The average molecular weight is 238 g/mol. The largest absolute Gasteiger partial charge is 0.497 e. The number of ether oxygens (including phenoxy) is 2. The Morgan fingerprint density at radius 3 is 2.72 bits per heavy atom. The minimum absolute atomic E-state index is 0.597. The van der Waals surface area contributed by atoms with Crippen molar-refractivity contribution in [3.63, 3.8) is 0 Å². The van der Waals surface area contributed by atoms with E-state index in [-0.39, 0.29) is 0 Å². The maximum atomic E-state index is 5.85. The van der Waals surface area contributed by atoms with Crippen LogP contribution in [0.1, 0.15) is 16.7 Å². The second-order valence-electron chi connectivity index (χ2n) is 4.22. The van der Waals surface area contributed by atoms with Gasteiger partial charge in [-0.25, -0.2) is 0 Å². The molecule has 0 spiro atoms. The number of hydrogen-bond donors (Lipinski definition) is 0. The van der Waals surface area contributed by atoms with Crippen LogP contribution in [0.25, 0.3) is 12.2 Å². The van der Waals surface area contributed by atoms with Crippen molar-refractivity contribution < 1.29 is 9.47 Å². The Kier molecular flexibility index (Phi) is 2.77. The molecular weight excluding hydrogens is 224 g/mol. The normalized spacial score (nSPS) is 14.5. The van der Waals surface area contributed by atoms with E-state index in [0.717, 1.165) is 17.1 Å². The fourth-order valence-corrected chi connectivity index (χ4v) is 2.08. The Bertz CT molecular complexity index is 600. The van der Waals surface area contributed by atoms with Crippen molar-refractivity contribution in [1.29, 1.82) is 0 Å². The zero-order chi connectivity index (χ0) is 12.4. The van der Waals surface area contributed by atoms with Gasteiger partial charge in [-0.05, 0) is 29.3 Å². The molecule has 2 aromatic rings. The first-order valence-electron chi connectivity index (χ1n) is 5.93. The van der Waals surface area contributed by atoms with Gasteiger partial charge in [0.2, 0.25) is 0 Å². The molecule has 0 N–H and O–H groups in total. The van der Waals surface area contributed by atoms with Gasteiger partial charge in [0.05, 0.1) is 7.11 Å². The van der Waals surface area contributed by atoms with E-state index in [1.807, 2.05) is 30.3 Å². The van der Waals surface area contributed by atoms with Crippen molar-refractivity contribution in [2.24, 2.45) is 0 Å². The number of benzene rings is 2. The summed E-state index contributed by atoms with van der Waals surface area (Å²) in [6.45, 7) is 0.597.